The molecule has 2 aromatic heterocycles. The normalized spacial score (nSPS) is 13.3. The third-order valence-corrected chi connectivity index (χ3v) is 5.10. The van der Waals surface area contributed by atoms with E-state index in [0.29, 0.717) is 35.8 Å². The largest absolute Gasteiger partial charge is 0.465 e. The summed E-state index contributed by atoms with van der Waals surface area (Å²) in [6.45, 7) is 4.16. The van der Waals surface area contributed by atoms with Crippen LogP contribution in [0.5, 0.6) is 0 Å². The summed E-state index contributed by atoms with van der Waals surface area (Å²) >= 11 is 1.27. The van der Waals surface area contributed by atoms with Crippen LogP contribution in [0, 0.1) is 6.92 Å². The van der Waals surface area contributed by atoms with Crippen LogP contribution in [0.4, 0.5) is 5.00 Å². The summed E-state index contributed by atoms with van der Waals surface area (Å²) < 4.78 is 9.82. The number of esters is 1. The Morgan fingerprint density at radius 2 is 2.16 bits per heavy atom. The average molecular weight is 363 g/mol. The molecule has 0 unspecified atom stereocenters. The predicted octanol–water partition coefficient (Wildman–Crippen LogP) is 1.99. The van der Waals surface area contributed by atoms with Crippen molar-refractivity contribution in [1.82, 2.24) is 10.1 Å². The summed E-state index contributed by atoms with van der Waals surface area (Å²) in [5.74, 6) is -0.975. The number of nitrogens with zero attached hydrogens (tertiary/aromatic N) is 2. The van der Waals surface area contributed by atoms with Crippen molar-refractivity contribution in [3.05, 3.63) is 33.5 Å². The molecule has 132 valence electrons. The van der Waals surface area contributed by atoms with E-state index in [9.17, 15) is 14.4 Å². The minimum absolute atomic E-state index is 0.0265. The van der Waals surface area contributed by atoms with Gasteiger partial charge in [0.1, 0.15) is 5.00 Å². The lowest BCUT2D eigenvalue weighted by molar-refractivity contribution is -0.129. The molecule has 3 heterocycles. The van der Waals surface area contributed by atoms with Crippen LogP contribution in [0.2, 0.25) is 0 Å². The van der Waals surface area contributed by atoms with Gasteiger partial charge in [0.05, 0.1) is 24.9 Å². The maximum atomic E-state index is 12.3. The maximum absolute atomic E-state index is 12.3. The average Bonchev–Trinajstić information content (AvgIpc) is 3.16. The van der Waals surface area contributed by atoms with E-state index in [1.54, 1.807) is 11.8 Å². The number of methoxy groups -OCH3 is 1. The van der Waals surface area contributed by atoms with Gasteiger partial charge in [-0.2, -0.15) is 0 Å². The highest BCUT2D eigenvalue weighted by atomic mass is 32.1. The fraction of sp³-hybridized carbons (Fsp3) is 0.375. The van der Waals surface area contributed by atoms with Crippen LogP contribution in [0.25, 0.3) is 0 Å². The number of amides is 2. The Labute approximate surface area is 147 Å². The lowest BCUT2D eigenvalue weighted by Gasteiger charge is -2.25. The zero-order valence-electron chi connectivity index (χ0n) is 14.0. The van der Waals surface area contributed by atoms with Crippen LogP contribution >= 0.6 is 11.3 Å². The van der Waals surface area contributed by atoms with Gasteiger partial charge in [0.25, 0.3) is 5.91 Å². The minimum atomic E-state index is -0.516. The molecule has 1 N–H and O–H groups in total. The van der Waals surface area contributed by atoms with Gasteiger partial charge in [-0.05, 0) is 18.9 Å². The molecule has 9 heteroatoms. The van der Waals surface area contributed by atoms with Crippen LogP contribution < -0.4 is 5.32 Å². The van der Waals surface area contributed by atoms with Crippen molar-refractivity contribution in [2.24, 2.45) is 0 Å². The summed E-state index contributed by atoms with van der Waals surface area (Å²) in [5.41, 5.74) is 1.75. The lowest BCUT2D eigenvalue weighted by Crippen LogP contribution is -2.33. The zero-order valence-corrected chi connectivity index (χ0v) is 14.9. The molecule has 3 rings (SSSR count). The van der Waals surface area contributed by atoms with Gasteiger partial charge in [0, 0.05) is 24.4 Å². The molecule has 1 aliphatic heterocycles. The standard InChI is InChI=1S/C16H17N3O5S/c1-8-6-11(24-18-8)14(21)17-15-13(16(22)23-3)10-4-5-19(9(2)20)7-12(10)25-15/h6H,4-5,7H2,1-3H3,(H,17,21). The van der Waals surface area contributed by atoms with Crippen molar-refractivity contribution in [3.63, 3.8) is 0 Å². The van der Waals surface area contributed by atoms with E-state index in [0.717, 1.165) is 10.4 Å². The first-order chi connectivity index (χ1) is 11.9. The number of fused-ring (bicyclic) bond motifs is 1. The van der Waals surface area contributed by atoms with Crippen molar-refractivity contribution in [3.8, 4) is 0 Å². The summed E-state index contributed by atoms with van der Waals surface area (Å²) in [4.78, 5) is 38.7. The number of hydrogen-bond donors (Lipinski definition) is 1. The topological polar surface area (TPSA) is 102 Å². The second-order valence-electron chi connectivity index (χ2n) is 5.68. The molecule has 1 aliphatic rings. The van der Waals surface area contributed by atoms with Crippen LogP contribution in [-0.2, 0) is 22.5 Å². The molecule has 2 amide bonds. The second-order valence-corrected chi connectivity index (χ2v) is 6.78. The Balaban J connectivity index is 1.94. The first-order valence-corrected chi connectivity index (χ1v) is 8.45. The summed E-state index contributed by atoms with van der Waals surface area (Å²) in [6, 6.07) is 1.51. The molecule has 0 aromatic carbocycles. The van der Waals surface area contributed by atoms with Gasteiger partial charge in [-0.25, -0.2) is 4.79 Å². The van der Waals surface area contributed by atoms with E-state index < -0.39 is 11.9 Å². The molecule has 0 radical (unpaired) electrons. The smallest absolute Gasteiger partial charge is 0.341 e. The first kappa shape index (κ1) is 17.2. The first-order valence-electron chi connectivity index (χ1n) is 7.63. The predicted molar refractivity (Wildman–Crippen MR) is 89.6 cm³/mol. The van der Waals surface area contributed by atoms with Crippen LogP contribution in [-0.4, -0.2) is 41.5 Å². The molecular weight excluding hydrogens is 346 g/mol. The molecule has 0 fully saturated rings. The number of anilines is 1. The van der Waals surface area contributed by atoms with Crippen molar-refractivity contribution >= 4 is 34.1 Å². The van der Waals surface area contributed by atoms with Gasteiger partial charge in [0.15, 0.2) is 0 Å². The number of nitrogens with one attached hydrogen (secondary N) is 1. The van der Waals surface area contributed by atoms with Crippen molar-refractivity contribution in [1.29, 1.82) is 0 Å². The van der Waals surface area contributed by atoms with E-state index in [-0.39, 0.29) is 11.7 Å². The molecule has 0 saturated carbocycles. The van der Waals surface area contributed by atoms with Gasteiger partial charge >= 0.3 is 5.97 Å². The number of ether oxygens (including phenoxy) is 1. The molecular formula is C16H17N3O5S. The number of carbonyl (C=O) groups is 3. The summed E-state index contributed by atoms with van der Waals surface area (Å²) in [6.07, 6.45) is 0.535. The fourth-order valence-corrected chi connectivity index (χ4v) is 3.96. The van der Waals surface area contributed by atoms with Gasteiger partial charge < -0.3 is 19.5 Å². The molecule has 25 heavy (non-hydrogen) atoms. The highest BCUT2D eigenvalue weighted by molar-refractivity contribution is 7.17. The number of hydrogen-bond acceptors (Lipinski definition) is 7. The monoisotopic (exact) mass is 363 g/mol. The molecule has 2 aromatic rings. The molecule has 0 spiro atoms. The molecule has 8 nitrogen and oxygen atoms in total. The SMILES string of the molecule is COC(=O)c1c(NC(=O)c2cc(C)no2)sc2c1CCN(C(C)=O)C2. The van der Waals surface area contributed by atoms with Gasteiger partial charge in [-0.3, -0.25) is 9.59 Å². The molecule has 0 saturated heterocycles. The Kier molecular flexibility index (Phi) is 4.58. The van der Waals surface area contributed by atoms with Crippen LogP contribution in [0.3, 0.4) is 0 Å². The van der Waals surface area contributed by atoms with Gasteiger partial charge in [-0.15, -0.1) is 11.3 Å². The fourth-order valence-electron chi connectivity index (χ4n) is 2.71. The summed E-state index contributed by atoms with van der Waals surface area (Å²) in [7, 11) is 1.29. The Morgan fingerprint density at radius 3 is 2.76 bits per heavy atom. The molecule has 0 atom stereocenters. The third kappa shape index (κ3) is 3.27. The highest BCUT2D eigenvalue weighted by Gasteiger charge is 2.30. The van der Waals surface area contributed by atoms with E-state index >= 15 is 0 Å². The Morgan fingerprint density at radius 1 is 1.40 bits per heavy atom. The van der Waals surface area contributed by atoms with Crippen molar-refractivity contribution < 1.29 is 23.6 Å². The van der Waals surface area contributed by atoms with Crippen LogP contribution in [0.1, 0.15) is 44.0 Å². The Bertz CT molecular complexity index is 854. The van der Waals surface area contributed by atoms with Crippen molar-refractivity contribution in [2.75, 3.05) is 19.0 Å². The lowest BCUT2D eigenvalue weighted by atomic mass is 10.0. The van der Waals surface area contributed by atoms with E-state index in [1.165, 1.54) is 31.4 Å². The van der Waals surface area contributed by atoms with Gasteiger partial charge in [0.2, 0.25) is 11.7 Å². The number of aromatic nitrogens is 1. The number of aryl methyl sites for hydroxylation is 1. The molecule has 0 aliphatic carbocycles. The van der Waals surface area contributed by atoms with Crippen molar-refractivity contribution in [2.45, 2.75) is 26.8 Å². The Hall–Kier alpha value is -2.68. The van der Waals surface area contributed by atoms with E-state index in [1.807, 2.05) is 0 Å². The maximum Gasteiger partial charge on any atom is 0.341 e. The van der Waals surface area contributed by atoms with E-state index in [2.05, 4.69) is 10.5 Å². The summed E-state index contributed by atoms with van der Waals surface area (Å²) in [5, 5.41) is 6.77. The van der Waals surface area contributed by atoms with E-state index in [4.69, 9.17) is 9.26 Å². The highest BCUT2D eigenvalue weighted by Crippen LogP contribution is 2.37. The zero-order chi connectivity index (χ0) is 18.1. The number of rotatable bonds is 3. The minimum Gasteiger partial charge on any atom is -0.465 e. The number of thiophene rings is 1. The second kappa shape index (κ2) is 6.67. The quantitative estimate of drug-likeness (QED) is 0.837. The van der Waals surface area contributed by atoms with Crippen LogP contribution in [0.15, 0.2) is 10.6 Å². The van der Waals surface area contributed by atoms with Gasteiger partial charge in [-0.1, -0.05) is 5.16 Å². The number of carbonyl (C=O) groups excluding carboxylic acids is 3. The molecule has 0 bridgehead atoms. The third-order valence-electron chi connectivity index (χ3n) is 3.97.